The highest BCUT2D eigenvalue weighted by molar-refractivity contribution is 6.02. The van der Waals surface area contributed by atoms with Crippen LogP contribution in [0.15, 0.2) is 18.2 Å². The summed E-state index contributed by atoms with van der Waals surface area (Å²) >= 11 is 0. The number of nitrogens with zero attached hydrogens (tertiary/aromatic N) is 3. The van der Waals surface area contributed by atoms with Crippen molar-refractivity contribution in [2.75, 3.05) is 11.9 Å². The molecule has 1 heterocycles. The lowest BCUT2D eigenvalue weighted by molar-refractivity contribution is -0.393. The van der Waals surface area contributed by atoms with Crippen molar-refractivity contribution in [3.8, 4) is 0 Å². The topological polar surface area (TPSA) is 200 Å². The average molecular weight is 467 g/mol. The number of imide groups is 1. The van der Waals surface area contributed by atoms with Crippen LogP contribution in [0.4, 0.5) is 21.9 Å². The van der Waals surface area contributed by atoms with Gasteiger partial charge in [-0.05, 0) is 26.8 Å². The van der Waals surface area contributed by atoms with Gasteiger partial charge in [-0.1, -0.05) is 0 Å². The van der Waals surface area contributed by atoms with Gasteiger partial charge in [-0.15, -0.1) is 5.06 Å². The molecule has 1 aromatic carbocycles. The number of hydroxylamine groups is 2. The molecule has 15 heteroatoms. The quantitative estimate of drug-likeness (QED) is 0.318. The van der Waals surface area contributed by atoms with Crippen LogP contribution in [0.1, 0.15) is 33.6 Å². The van der Waals surface area contributed by atoms with Crippen LogP contribution in [0.2, 0.25) is 0 Å². The Morgan fingerprint density at radius 2 is 1.73 bits per heavy atom. The first-order valence-electron chi connectivity index (χ1n) is 9.52. The van der Waals surface area contributed by atoms with E-state index < -0.39 is 63.3 Å². The Kier molecular flexibility index (Phi) is 7.48. The number of carbonyl (C=O) groups is 4. The number of hydrogen-bond donors (Lipinski definition) is 2. The summed E-state index contributed by atoms with van der Waals surface area (Å²) in [6.45, 7) is 4.20. The summed E-state index contributed by atoms with van der Waals surface area (Å²) in [6.07, 6.45) is -1.34. The van der Waals surface area contributed by atoms with Crippen molar-refractivity contribution in [2.24, 2.45) is 0 Å². The van der Waals surface area contributed by atoms with Crippen LogP contribution in [0, 0.1) is 20.2 Å². The van der Waals surface area contributed by atoms with Crippen LogP contribution in [0.25, 0.3) is 0 Å². The molecule has 1 aliphatic heterocycles. The Balaban J connectivity index is 2.23. The zero-order valence-corrected chi connectivity index (χ0v) is 17.9. The molecule has 0 spiro atoms. The minimum absolute atomic E-state index is 0.149. The molecule has 33 heavy (non-hydrogen) atoms. The Hall–Kier alpha value is -4.30. The van der Waals surface area contributed by atoms with Crippen LogP contribution < -0.4 is 10.6 Å². The number of alkyl carbamates (subject to hydrolysis) is 1. The van der Waals surface area contributed by atoms with Gasteiger partial charge in [0.15, 0.2) is 0 Å². The summed E-state index contributed by atoms with van der Waals surface area (Å²) in [4.78, 5) is 73.4. The number of carbonyl (C=O) groups excluding carboxylic acids is 4. The van der Waals surface area contributed by atoms with Crippen molar-refractivity contribution < 1.29 is 38.6 Å². The van der Waals surface area contributed by atoms with Gasteiger partial charge in [-0.3, -0.25) is 29.8 Å². The van der Waals surface area contributed by atoms with Crippen LogP contribution >= 0.6 is 0 Å². The van der Waals surface area contributed by atoms with Crippen LogP contribution in [0.5, 0.6) is 0 Å². The predicted octanol–water partition coefficient (Wildman–Crippen LogP) is 1.42. The molecule has 2 rings (SSSR count). The van der Waals surface area contributed by atoms with Gasteiger partial charge in [0, 0.05) is 25.5 Å². The molecule has 15 nitrogen and oxygen atoms in total. The van der Waals surface area contributed by atoms with E-state index in [1.54, 1.807) is 20.8 Å². The molecule has 0 aliphatic carbocycles. The van der Waals surface area contributed by atoms with Crippen molar-refractivity contribution in [1.82, 2.24) is 10.4 Å². The van der Waals surface area contributed by atoms with Gasteiger partial charge in [-0.2, -0.15) is 0 Å². The number of anilines is 1. The van der Waals surface area contributed by atoms with E-state index >= 15 is 0 Å². The van der Waals surface area contributed by atoms with Gasteiger partial charge in [0.1, 0.15) is 17.3 Å². The molecule has 1 aliphatic rings. The third-order valence-electron chi connectivity index (χ3n) is 4.05. The third kappa shape index (κ3) is 6.84. The van der Waals surface area contributed by atoms with Crippen LogP contribution in [-0.4, -0.2) is 57.0 Å². The van der Waals surface area contributed by atoms with E-state index in [1.807, 2.05) is 0 Å². The van der Waals surface area contributed by atoms with Gasteiger partial charge in [0.2, 0.25) is 0 Å². The zero-order chi connectivity index (χ0) is 24.9. The molecule has 3 amide bonds. The highest BCUT2D eigenvalue weighted by Crippen LogP contribution is 2.29. The van der Waals surface area contributed by atoms with Gasteiger partial charge >= 0.3 is 12.1 Å². The molecule has 178 valence electrons. The summed E-state index contributed by atoms with van der Waals surface area (Å²) in [6, 6.07) is 1.22. The first kappa shape index (κ1) is 25.0. The van der Waals surface area contributed by atoms with Gasteiger partial charge in [0.25, 0.3) is 23.2 Å². The first-order chi connectivity index (χ1) is 15.3. The standard InChI is InChI=1S/C18H21N5O10/c1-18(2,3)32-17(27)20-12(16(26)33-21-14(24)6-7-15(21)25)9-19-11-5-4-10(22(28)29)8-13(11)23(30)31/h4-5,8,12,19H,6-7,9H2,1-3H3,(H,20,27)/t12-/m0/s1. The summed E-state index contributed by atoms with van der Waals surface area (Å²) in [7, 11) is 0. The number of rotatable bonds is 8. The second kappa shape index (κ2) is 9.88. The van der Waals surface area contributed by atoms with E-state index in [1.165, 1.54) is 0 Å². The summed E-state index contributed by atoms with van der Waals surface area (Å²) in [5.41, 5.74) is -2.30. The largest absolute Gasteiger partial charge is 0.444 e. The Morgan fingerprint density at radius 1 is 1.12 bits per heavy atom. The molecular weight excluding hydrogens is 446 g/mol. The normalized spacial score (nSPS) is 14.5. The number of ether oxygens (including phenoxy) is 1. The number of nitro groups is 2. The smallest absolute Gasteiger partial charge is 0.408 e. The number of nitro benzene ring substituents is 2. The Morgan fingerprint density at radius 3 is 2.24 bits per heavy atom. The van der Waals surface area contributed by atoms with Crippen molar-refractivity contribution in [3.63, 3.8) is 0 Å². The molecule has 1 aromatic rings. The molecule has 0 aromatic heterocycles. The fraction of sp³-hybridized carbons (Fsp3) is 0.444. The molecule has 1 saturated heterocycles. The monoisotopic (exact) mass is 467 g/mol. The highest BCUT2D eigenvalue weighted by Gasteiger charge is 2.36. The summed E-state index contributed by atoms with van der Waals surface area (Å²) < 4.78 is 5.07. The lowest BCUT2D eigenvalue weighted by Crippen LogP contribution is -2.50. The Bertz CT molecular complexity index is 987. The van der Waals surface area contributed by atoms with Gasteiger partial charge in [-0.25, -0.2) is 9.59 Å². The number of benzene rings is 1. The molecule has 2 N–H and O–H groups in total. The van der Waals surface area contributed by atoms with Crippen molar-refractivity contribution in [2.45, 2.75) is 45.3 Å². The van der Waals surface area contributed by atoms with E-state index in [-0.39, 0.29) is 23.6 Å². The lowest BCUT2D eigenvalue weighted by atomic mass is 10.2. The maximum absolute atomic E-state index is 12.6. The van der Waals surface area contributed by atoms with E-state index in [4.69, 9.17) is 9.57 Å². The summed E-state index contributed by atoms with van der Waals surface area (Å²) in [5, 5.41) is 27.2. The van der Waals surface area contributed by atoms with Crippen molar-refractivity contribution in [1.29, 1.82) is 0 Å². The minimum atomic E-state index is -1.56. The minimum Gasteiger partial charge on any atom is -0.444 e. The second-order valence-electron chi connectivity index (χ2n) is 7.79. The fourth-order valence-corrected chi connectivity index (χ4v) is 2.60. The number of amides is 3. The molecular formula is C18H21N5O10. The van der Waals surface area contributed by atoms with Crippen LogP contribution in [-0.2, 0) is 24.0 Å². The fourth-order valence-electron chi connectivity index (χ4n) is 2.60. The second-order valence-corrected chi connectivity index (χ2v) is 7.79. The van der Waals surface area contributed by atoms with Crippen molar-refractivity contribution >= 4 is 40.9 Å². The SMILES string of the molecule is CC(C)(C)OC(=O)N[C@@H](CNc1ccc([N+](=O)[O-])cc1[N+](=O)[O-])C(=O)ON1C(=O)CCC1=O. The highest BCUT2D eigenvalue weighted by atomic mass is 16.7. The van der Waals surface area contributed by atoms with Crippen molar-refractivity contribution in [3.05, 3.63) is 38.4 Å². The first-order valence-corrected chi connectivity index (χ1v) is 9.52. The molecule has 0 radical (unpaired) electrons. The lowest BCUT2D eigenvalue weighted by Gasteiger charge is -2.24. The van der Waals surface area contributed by atoms with E-state index in [0.717, 1.165) is 18.2 Å². The van der Waals surface area contributed by atoms with Gasteiger partial charge in [0.05, 0.1) is 15.9 Å². The molecule has 0 bridgehead atoms. The third-order valence-corrected chi connectivity index (χ3v) is 4.05. The maximum Gasteiger partial charge on any atom is 0.408 e. The predicted molar refractivity (Wildman–Crippen MR) is 109 cm³/mol. The molecule has 0 saturated carbocycles. The zero-order valence-electron chi connectivity index (χ0n) is 17.9. The molecule has 0 unspecified atom stereocenters. The number of non-ortho nitro benzene ring substituents is 1. The summed E-state index contributed by atoms with van der Waals surface area (Å²) in [5.74, 6) is -2.71. The average Bonchev–Trinajstić information content (AvgIpc) is 3.01. The van der Waals surface area contributed by atoms with Crippen LogP contribution in [0.3, 0.4) is 0 Å². The molecule has 1 atom stereocenters. The van der Waals surface area contributed by atoms with Gasteiger partial charge < -0.3 is 20.2 Å². The number of nitrogens with one attached hydrogen (secondary N) is 2. The van der Waals surface area contributed by atoms with E-state index in [2.05, 4.69) is 10.6 Å². The van der Waals surface area contributed by atoms with E-state index in [0.29, 0.717) is 0 Å². The van der Waals surface area contributed by atoms with E-state index in [9.17, 15) is 39.4 Å². The maximum atomic E-state index is 12.6. The molecule has 1 fully saturated rings. The Labute approximate surface area is 186 Å². The number of hydrogen-bond acceptors (Lipinski definition) is 11.